The van der Waals surface area contributed by atoms with E-state index in [-0.39, 0.29) is 19.1 Å². The van der Waals surface area contributed by atoms with Crippen LogP contribution in [-0.2, 0) is 18.4 Å². The molecule has 0 aromatic carbocycles. The largest absolute Gasteiger partial charge is 0.472 e. The predicted molar refractivity (Wildman–Crippen MR) is 328 cm³/mol. The highest BCUT2D eigenvalue weighted by molar-refractivity contribution is 7.47. The Morgan fingerprint density at radius 1 is 0.440 bits per heavy atom. The van der Waals surface area contributed by atoms with Gasteiger partial charge in [0, 0.05) is 6.42 Å². The van der Waals surface area contributed by atoms with Crippen molar-refractivity contribution in [3.63, 3.8) is 0 Å². The number of carbonyl (C=O) groups excluding carboxylic acids is 1. The molecule has 1 amide bonds. The van der Waals surface area contributed by atoms with E-state index in [2.05, 4.69) is 31.3 Å². The van der Waals surface area contributed by atoms with Gasteiger partial charge >= 0.3 is 7.82 Å². The topological polar surface area (TPSA) is 105 Å². The fourth-order valence-electron chi connectivity index (χ4n) is 10.2. The number of quaternary nitrogens is 1. The molecule has 446 valence electrons. The van der Waals surface area contributed by atoms with Gasteiger partial charge in [-0.1, -0.05) is 327 Å². The number of phosphoric ester groups is 1. The second kappa shape index (κ2) is 57.7. The number of rotatable bonds is 62. The van der Waals surface area contributed by atoms with E-state index in [4.69, 9.17) is 9.05 Å². The SMILES string of the molecule is CCCCCCCCC/C=C/CC/C=C/C(O)C(COP(=O)(O)OCC[N+](C)(C)C)NC(=O)CCCCCCCCCCCCCCCCCCCCCCCCCCCCCCCCCCCCCCCCCC. The Bertz CT molecular complexity index is 1270. The molecule has 0 radical (unpaired) electrons. The number of allylic oxidation sites excluding steroid dienone is 3. The molecule has 3 unspecified atom stereocenters. The van der Waals surface area contributed by atoms with Crippen molar-refractivity contribution in [3.05, 3.63) is 24.3 Å². The van der Waals surface area contributed by atoms with Gasteiger partial charge in [0.2, 0.25) is 5.91 Å². The molecule has 3 atom stereocenters. The maximum atomic E-state index is 13.0. The highest BCUT2D eigenvalue weighted by Crippen LogP contribution is 2.43. The minimum atomic E-state index is -4.35. The molecular formula is C66H132N2O6P+. The van der Waals surface area contributed by atoms with Crippen LogP contribution < -0.4 is 5.32 Å². The van der Waals surface area contributed by atoms with Crippen LogP contribution in [0.4, 0.5) is 0 Å². The molecule has 9 heteroatoms. The molecule has 8 nitrogen and oxygen atoms in total. The maximum Gasteiger partial charge on any atom is 0.472 e. The van der Waals surface area contributed by atoms with Crippen molar-refractivity contribution in [1.29, 1.82) is 0 Å². The van der Waals surface area contributed by atoms with Gasteiger partial charge in [0.1, 0.15) is 13.2 Å². The van der Waals surface area contributed by atoms with E-state index >= 15 is 0 Å². The van der Waals surface area contributed by atoms with E-state index in [9.17, 15) is 19.4 Å². The summed E-state index contributed by atoms with van der Waals surface area (Å²) in [7, 11) is 1.57. The summed E-state index contributed by atoms with van der Waals surface area (Å²) in [5.41, 5.74) is 0. The highest BCUT2D eigenvalue weighted by atomic mass is 31.2. The molecule has 0 aliphatic heterocycles. The second-order valence-corrected chi connectivity index (χ2v) is 25.7. The third-order valence-corrected chi connectivity index (χ3v) is 16.4. The van der Waals surface area contributed by atoms with Crippen LogP contribution in [0.2, 0.25) is 0 Å². The van der Waals surface area contributed by atoms with Crippen molar-refractivity contribution in [2.45, 2.75) is 353 Å². The smallest absolute Gasteiger partial charge is 0.387 e. The fourth-order valence-corrected chi connectivity index (χ4v) is 11.0. The Labute approximate surface area is 468 Å². The van der Waals surface area contributed by atoms with Crippen molar-refractivity contribution in [3.8, 4) is 0 Å². The molecule has 0 saturated heterocycles. The van der Waals surface area contributed by atoms with Crippen molar-refractivity contribution >= 4 is 13.7 Å². The zero-order valence-electron chi connectivity index (χ0n) is 51.1. The summed E-state index contributed by atoms with van der Waals surface area (Å²) in [6, 6.07) is -0.860. The molecule has 0 spiro atoms. The van der Waals surface area contributed by atoms with E-state index in [1.54, 1.807) is 6.08 Å². The fraction of sp³-hybridized carbons (Fsp3) is 0.924. The predicted octanol–water partition coefficient (Wildman–Crippen LogP) is 20.7. The lowest BCUT2D eigenvalue weighted by Gasteiger charge is -2.25. The van der Waals surface area contributed by atoms with E-state index in [0.29, 0.717) is 17.4 Å². The zero-order valence-corrected chi connectivity index (χ0v) is 52.0. The average molecular weight is 1080 g/mol. The number of amides is 1. The van der Waals surface area contributed by atoms with Crippen LogP contribution in [0.5, 0.6) is 0 Å². The number of aliphatic hydroxyl groups is 1. The summed E-state index contributed by atoms with van der Waals surface area (Å²) in [5, 5.41) is 13.9. The number of hydrogen-bond acceptors (Lipinski definition) is 5. The van der Waals surface area contributed by atoms with Crippen LogP contribution in [0.1, 0.15) is 341 Å². The van der Waals surface area contributed by atoms with Crippen LogP contribution >= 0.6 is 7.82 Å². The lowest BCUT2D eigenvalue weighted by atomic mass is 10.0. The number of likely N-dealkylation sites (N-methyl/N-ethyl adjacent to an activating group) is 1. The molecule has 0 aromatic heterocycles. The number of nitrogens with zero attached hydrogens (tertiary/aromatic N) is 1. The van der Waals surface area contributed by atoms with Crippen LogP contribution in [0.15, 0.2) is 24.3 Å². The van der Waals surface area contributed by atoms with Crippen LogP contribution in [0.3, 0.4) is 0 Å². The standard InChI is InChI=1S/C66H131N2O6P/c1-6-8-10-12-14-16-18-20-21-22-23-24-25-26-27-28-29-30-31-32-33-34-35-36-37-38-39-40-41-42-43-44-45-46-48-50-52-54-56-58-60-66(70)67-64(63-74-75(71,72)73-62-61-68(3,4)5)65(69)59-57-55-53-51-49-47-19-17-15-13-11-9-7-2/h49,51,57,59,64-65,69H,6-48,50,52-56,58,60-63H2,1-5H3,(H-,67,70,71,72)/p+1/b51-49+,59-57+. The molecule has 0 bridgehead atoms. The number of hydrogen-bond donors (Lipinski definition) is 3. The van der Waals surface area contributed by atoms with Gasteiger partial charge in [-0.15, -0.1) is 0 Å². The Hall–Kier alpha value is -1.02. The van der Waals surface area contributed by atoms with Crippen molar-refractivity contribution in [1.82, 2.24) is 5.32 Å². The number of carbonyl (C=O) groups is 1. The Morgan fingerprint density at radius 3 is 1.07 bits per heavy atom. The van der Waals surface area contributed by atoms with Crippen molar-refractivity contribution in [2.24, 2.45) is 0 Å². The first-order valence-electron chi connectivity index (χ1n) is 33.2. The minimum Gasteiger partial charge on any atom is -0.387 e. The van der Waals surface area contributed by atoms with Crippen molar-refractivity contribution in [2.75, 3.05) is 40.9 Å². The van der Waals surface area contributed by atoms with Gasteiger partial charge in [0.05, 0.1) is 39.9 Å². The lowest BCUT2D eigenvalue weighted by Crippen LogP contribution is -2.45. The van der Waals surface area contributed by atoms with Gasteiger partial charge in [0.25, 0.3) is 0 Å². The van der Waals surface area contributed by atoms with Crippen molar-refractivity contribution < 1.29 is 32.9 Å². The molecule has 75 heavy (non-hydrogen) atoms. The van der Waals surface area contributed by atoms with E-state index in [0.717, 1.165) is 38.5 Å². The molecule has 0 aliphatic rings. The second-order valence-electron chi connectivity index (χ2n) is 24.2. The minimum absolute atomic E-state index is 0.0586. The monoisotopic (exact) mass is 1080 g/mol. The third kappa shape index (κ3) is 60.5. The van der Waals surface area contributed by atoms with Gasteiger partial charge < -0.3 is 19.8 Å². The van der Waals surface area contributed by atoms with E-state index in [1.807, 2.05) is 27.2 Å². The maximum absolute atomic E-state index is 13.0. The summed E-state index contributed by atoms with van der Waals surface area (Å²) in [4.78, 5) is 23.3. The van der Waals surface area contributed by atoms with Gasteiger partial charge in [0.15, 0.2) is 0 Å². The van der Waals surface area contributed by atoms with E-state index in [1.165, 1.54) is 283 Å². The lowest BCUT2D eigenvalue weighted by molar-refractivity contribution is -0.870. The number of phosphoric acid groups is 1. The molecular weight excluding hydrogens is 948 g/mol. The molecule has 0 rings (SSSR count). The summed E-state index contributed by atoms with van der Waals surface area (Å²) >= 11 is 0. The molecule has 0 heterocycles. The van der Waals surface area contributed by atoms with Crippen LogP contribution in [0.25, 0.3) is 0 Å². The summed E-state index contributed by atoms with van der Waals surface area (Å²) < 4.78 is 23.7. The Morgan fingerprint density at radius 2 is 0.733 bits per heavy atom. The molecule has 3 N–H and O–H groups in total. The highest BCUT2D eigenvalue weighted by Gasteiger charge is 2.28. The van der Waals surface area contributed by atoms with Gasteiger partial charge in [-0.3, -0.25) is 13.8 Å². The molecule has 0 aromatic rings. The Kier molecular flexibility index (Phi) is 56.9. The van der Waals surface area contributed by atoms with Gasteiger partial charge in [-0.25, -0.2) is 4.57 Å². The van der Waals surface area contributed by atoms with Gasteiger partial charge in [-0.2, -0.15) is 0 Å². The van der Waals surface area contributed by atoms with Gasteiger partial charge in [-0.05, 0) is 32.1 Å². The normalized spacial score (nSPS) is 13.9. The first-order valence-corrected chi connectivity index (χ1v) is 34.7. The summed E-state index contributed by atoms with van der Waals surface area (Å²) in [6.07, 6.45) is 75.0. The summed E-state index contributed by atoms with van der Waals surface area (Å²) in [5.74, 6) is -0.181. The quantitative estimate of drug-likeness (QED) is 0.0243. The first kappa shape index (κ1) is 74.0. The molecule has 0 fully saturated rings. The summed E-state index contributed by atoms with van der Waals surface area (Å²) in [6.45, 7) is 4.82. The number of unbranched alkanes of at least 4 members (excludes halogenated alkanes) is 47. The zero-order chi connectivity index (χ0) is 54.9. The molecule has 0 aliphatic carbocycles. The van der Waals surface area contributed by atoms with Crippen LogP contribution in [0, 0.1) is 0 Å². The third-order valence-electron chi connectivity index (χ3n) is 15.4. The van der Waals surface area contributed by atoms with Crippen LogP contribution in [-0.4, -0.2) is 73.4 Å². The first-order chi connectivity index (χ1) is 36.5. The Balaban J connectivity index is 3.82. The molecule has 0 saturated carbocycles. The van der Waals surface area contributed by atoms with E-state index < -0.39 is 20.0 Å². The average Bonchev–Trinajstić information content (AvgIpc) is 3.37. The number of aliphatic hydroxyl groups excluding tert-OH is 1. The number of nitrogens with one attached hydrogen (secondary N) is 1.